The number of carbonyl (C=O) groups is 2. The monoisotopic (exact) mass is 275 g/mol. The Bertz CT molecular complexity index is 512. The molecule has 1 saturated heterocycles. The van der Waals surface area contributed by atoms with Gasteiger partial charge in [0.05, 0.1) is 13.0 Å². The minimum absolute atomic E-state index is 0.0145. The SMILES string of the molecule is CCc1ccccc1C(=O)N1CC(C)C(C(=O)OC)C1. The zero-order valence-electron chi connectivity index (χ0n) is 12.3. The highest BCUT2D eigenvalue weighted by atomic mass is 16.5. The van der Waals surface area contributed by atoms with Crippen LogP contribution < -0.4 is 0 Å². The number of rotatable bonds is 3. The molecule has 108 valence electrons. The van der Waals surface area contributed by atoms with E-state index in [1.807, 2.05) is 38.1 Å². The molecule has 1 aliphatic heterocycles. The first-order valence-electron chi connectivity index (χ1n) is 7.03. The van der Waals surface area contributed by atoms with Crippen molar-refractivity contribution in [2.45, 2.75) is 20.3 Å². The third kappa shape index (κ3) is 2.69. The third-order valence-corrected chi connectivity index (χ3v) is 4.03. The summed E-state index contributed by atoms with van der Waals surface area (Å²) in [6.45, 7) is 5.08. The van der Waals surface area contributed by atoms with Crippen LogP contribution in [0.3, 0.4) is 0 Å². The summed E-state index contributed by atoms with van der Waals surface area (Å²) in [6, 6.07) is 7.66. The van der Waals surface area contributed by atoms with E-state index < -0.39 is 0 Å². The molecular weight excluding hydrogens is 254 g/mol. The Labute approximate surface area is 119 Å². The zero-order chi connectivity index (χ0) is 14.7. The topological polar surface area (TPSA) is 46.6 Å². The van der Waals surface area contributed by atoms with Gasteiger partial charge in [0.25, 0.3) is 5.91 Å². The van der Waals surface area contributed by atoms with Crippen LogP contribution in [0.15, 0.2) is 24.3 Å². The standard InChI is InChI=1S/C16H21NO3/c1-4-12-7-5-6-8-13(12)15(18)17-9-11(2)14(10-17)16(19)20-3/h5-8,11,14H,4,9-10H2,1-3H3. The summed E-state index contributed by atoms with van der Waals surface area (Å²) in [5.41, 5.74) is 1.79. The average molecular weight is 275 g/mol. The fourth-order valence-corrected chi connectivity index (χ4v) is 2.80. The van der Waals surface area contributed by atoms with Gasteiger partial charge in [-0.2, -0.15) is 0 Å². The number of hydrogen-bond acceptors (Lipinski definition) is 3. The van der Waals surface area contributed by atoms with Gasteiger partial charge >= 0.3 is 5.97 Å². The number of carbonyl (C=O) groups excluding carboxylic acids is 2. The molecule has 4 heteroatoms. The third-order valence-electron chi connectivity index (χ3n) is 4.03. The average Bonchev–Trinajstić information content (AvgIpc) is 2.87. The molecule has 1 heterocycles. The van der Waals surface area contributed by atoms with E-state index in [1.54, 1.807) is 4.90 Å². The number of esters is 1. The molecule has 20 heavy (non-hydrogen) atoms. The number of nitrogens with zero attached hydrogens (tertiary/aromatic N) is 1. The Balaban J connectivity index is 2.17. The van der Waals surface area contributed by atoms with Crippen LogP contribution in [0.1, 0.15) is 29.8 Å². The first-order chi connectivity index (χ1) is 9.58. The number of ether oxygens (including phenoxy) is 1. The number of methoxy groups -OCH3 is 1. The van der Waals surface area contributed by atoms with Crippen molar-refractivity contribution in [1.82, 2.24) is 4.90 Å². The fourth-order valence-electron chi connectivity index (χ4n) is 2.80. The fraction of sp³-hybridized carbons (Fsp3) is 0.500. The first kappa shape index (κ1) is 14.6. The van der Waals surface area contributed by atoms with Crippen LogP contribution in [0, 0.1) is 11.8 Å². The summed E-state index contributed by atoms with van der Waals surface area (Å²) in [7, 11) is 1.39. The molecule has 2 rings (SSSR count). The van der Waals surface area contributed by atoms with Crippen LogP contribution in [-0.2, 0) is 16.0 Å². The van der Waals surface area contributed by atoms with E-state index >= 15 is 0 Å². The number of amides is 1. The van der Waals surface area contributed by atoms with E-state index in [-0.39, 0.29) is 23.7 Å². The molecule has 0 spiro atoms. The van der Waals surface area contributed by atoms with Crippen molar-refractivity contribution >= 4 is 11.9 Å². The summed E-state index contributed by atoms with van der Waals surface area (Å²) < 4.78 is 4.81. The van der Waals surface area contributed by atoms with Crippen molar-refractivity contribution < 1.29 is 14.3 Å². The summed E-state index contributed by atoms with van der Waals surface area (Å²) in [5, 5.41) is 0. The Morgan fingerprint density at radius 1 is 1.30 bits per heavy atom. The van der Waals surface area contributed by atoms with Crippen LogP contribution in [0.2, 0.25) is 0 Å². The highest BCUT2D eigenvalue weighted by Gasteiger charge is 2.38. The lowest BCUT2D eigenvalue weighted by Gasteiger charge is -2.18. The van der Waals surface area contributed by atoms with Gasteiger partial charge in [-0.25, -0.2) is 0 Å². The molecule has 1 aliphatic rings. The van der Waals surface area contributed by atoms with Crippen molar-refractivity contribution in [2.75, 3.05) is 20.2 Å². The first-order valence-corrected chi connectivity index (χ1v) is 7.03. The lowest BCUT2D eigenvalue weighted by atomic mass is 9.99. The normalized spacial score (nSPS) is 21.9. The molecule has 0 N–H and O–H groups in total. The smallest absolute Gasteiger partial charge is 0.310 e. The molecule has 0 aromatic heterocycles. The molecule has 0 radical (unpaired) electrons. The maximum absolute atomic E-state index is 12.6. The predicted molar refractivity (Wildman–Crippen MR) is 76.4 cm³/mol. The number of aryl methyl sites for hydroxylation is 1. The molecule has 0 bridgehead atoms. The molecule has 1 aromatic rings. The van der Waals surface area contributed by atoms with E-state index in [4.69, 9.17) is 4.74 Å². The number of benzene rings is 1. The van der Waals surface area contributed by atoms with E-state index in [0.717, 1.165) is 17.5 Å². The molecule has 1 aromatic carbocycles. The lowest BCUT2D eigenvalue weighted by molar-refractivity contribution is -0.146. The van der Waals surface area contributed by atoms with Gasteiger partial charge in [0.2, 0.25) is 0 Å². The second-order valence-electron chi connectivity index (χ2n) is 5.33. The van der Waals surface area contributed by atoms with Gasteiger partial charge in [-0.05, 0) is 24.0 Å². The maximum Gasteiger partial charge on any atom is 0.310 e. The molecule has 2 atom stereocenters. The van der Waals surface area contributed by atoms with Gasteiger partial charge in [-0.1, -0.05) is 32.0 Å². The summed E-state index contributed by atoms with van der Waals surface area (Å²) >= 11 is 0. The number of hydrogen-bond donors (Lipinski definition) is 0. The molecule has 4 nitrogen and oxygen atoms in total. The minimum Gasteiger partial charge on any atom is -0.469 e. The molecule has 1 fully saturated rings. The van der Waals surface area contributed by atoms with Crippen LogP contribution in [0.4, 0.5) is 0 Å². The quantitative estimate of drug-likeness (QED) is 0.794. The highest BCUT2D eigenvalue weighted by Crippen LogP contribution is 2.26. The zero-order valence-corrected chi connectivity index (χ0v) is 12.3. The molecular formula is C16H21NO3. The largest absolute Gasteiger partial charge is 0.469 e. The van der Waals surface area contributed by atoms with Gasteiger partial charge in [-0.3, -0.25) is 9.59 Å². The Morgan fingerprint density at radius 2 is 2.00 bits per heavy atom. The van der Waals surface area contributed by atoms with Gasteiger partial charge in [0.1, 0.15) is 0 Å². The van der Waals surface area contributed by atoms with E-state index in [1.165, 1.54) is 7.11 Å². The van der Waals surface area contributed by atoms with Gasteiger partial charge in [-0.15, -0.1) is 0 Å². The van der Waals surface area contributed by atoms with E-state index in [9.17, 15) is 9.59 Å². The van der Waals surface area contributed by atoms with Crippen LogP contribution in [0.5, 0.6) is 0 Å². The summed E-state index contributed by atoms with van der Waals surface area (Å²) in [6.07, 6.45) is 0.825. The predicted octanol–water partition coefficient (Wildman–Crippen LogP) is 2.13. The van der Waals surface area contributed by atoms with Gasteiger partial charge in [0, 0.05) is 18.7 Å². The van der Waals surface area contributed by atoms with Crippen LogP contribution >= 0.6 is 0 Å². The van der Waals surface area contributed by atoms with E-state index in [0.29, 0.717) is 13.1 Å². The van der Waals surface area contributed by atoms with Crippen molar-refractivity contribution in [3.05, 3.63) is 35.4 Å². The van der Waals surface area contributed by atoms with Crippen molar-refractivity contribution in [3.63, 3.8) is 0 Å². The molecule has 0 saturated carbocycles. The summed E-state index contributed by atoms with van der Waals surface area (Å²) in [4.78, 5) is 26.1. The molecule has 0 aliphatic carbocycles. The maximum atomic E-state index is 12.6. The number of likely N-dealkylation sites (tertiary alicyclic amines) is 1. The molecule has 2 unspecified atom stereocenters. The Kier molecular flexibility index (Phi) is 4.42. The second-order valence-corrected chi connectivity index (χ2v) is 5.33. The van der Waals surface area contributed by atoms with Gasteiger partial charge < -0.3 is 9.64 Å². The van der Waals surface area contributed by atoms with Crippen molar-refractivity contribution in [3.8, 4) is 0 Å². The van der Waals surface area contributed by atoms with Crippen LogP contribution in [0.25, 0.3) is 0 Å². The molecule has 1 amide bonds. The Hall–Kier alpha value is -1.84. The lowest BCUT2D eigenvalue weighted by Crippen LogP contribution is -2.30. The van der Waals surface area contributed by atoms with Crippen molar-refractivity contribution in [1.29, 1.82) is 0 Å². The van der Waals surface area contributed by atoms with Crippen LogP contribution in [-0.4, -0.2) is 37.0 Å². The van der Waals surface area contributed by atoms with E-state index in [2.05, 4.69) is 0 Å². The Morgan fingerprint density at radius 3 is 2.65 bits per heavy atom. The highest BCUT2D eigenvalue weighted by molar-refractivity contribution is 5.96. The van der Waals surface area contributed by atoms with Gasteiger partial charge in [0.15, 0.2) is 0 Å². The summed E-state index contributed by atoms with van der Waals surface area (Å²) in [5.74, 6) is -0.282. The second kappa shape index (κ2) is 6.07. The van der Waals surface area contributed by atoms with Crippen molar-refractivity contribution in [2.24, 2.45) is 11.8 Å². The minimum atomic E-state index is -0.225.